The molecule has 8 fully saturated rings. The van der Waals surface area contributed by atoms with Crippen LogP contribution < -0.4 is 0 Å². The van der Waals surface area contributed by atoms with Gasteiger partial charge in [-0.2, -0.15) is 0 Å². The minimum atomic E-state index is 0.658. The highest BCUT2D eigenvalue weighted by Gasteiger charge is 2.63. The molecule has 0 spiro atoms. The van der Waals surface area contributed by atoms with Crippen LogP contribution >= 0.6 is 0 Å². The molecule has 1 aromatic rings. The smallest absolute Gasteiger partial charge is 0.00454 e. The third kappa shape index (κ3) is 2.56. The van der Waals surface area contributed by atoms with E-state index in [-0.39, 0.29) is 0 Å². The van der Waals surface area contributed by atoms with Gasteiger partial charge in [0, 0.05) is 0 Å². The predicted molar refractivity (Wildman–Crippen MR) is 120 cm³/mol. The molecule has 0 radical (unpaired) electrons. The zero-order valence-corrected chi connectivity index (χ0v) is 18.5. The Kier molecular flexibility index (Phi) is 3.78. The first-order valence-electron chi connectivity index (χ1n) is 13.2. The van der Waals surface area contributed by atoms with Gasteiger partial charge in [0.25, 0.3) is 0 Å². The molecule has 0 aromatic heterocycles. The van der Waals surface area contributed by atoms with E-state index in [1.165, 1.54) is 6.42 Å². The van der Waals surface area contributed by atoms with E-state index in [0.717, 1.165) is 41.4 Å². The lowest BCUT2D eigenvalue weighted by Crippen LogP contribution is -2.57. The van der Waals surface area contributed by atoms with Gasteiger partial charge in [-0.25, -0.2) is 0 Å². The lowest BCUT2D eigenvalue weighted by atomic mass is 9.37. The summed E-state index contributed by atoms with van der Waals surface area (Å²) in [6, 6.07) is 9.81. The normalized spacial score (nSPS) is 50.2. The monoisotopic (exact) mass is 388 g/mol. The van der Waals surface area contributed by atoms with Gasteiger partial charge in [0.1, 0.15) is 0 Å². The zero-order chi connectivity index (χ0) is 19.2. The van der Waals surface area contributed by atoms with Crippen molar-refractivity contribution >= 4 is 0 Å². The molecule has 0 nitrogen and oxygen atoms in total. The molecule has 156 valence electrons. The molecule has 8 bridgehead atoms. The van der Waals surface area contributed by atoms with Crippen LogP contribution in [-0.2, 0) is 6.42 Å². The van der Waals surface area contributed by atoms with Gasteiger partial charge in [0.05, 0.1) is 0 Å². The molecule has 8 saturated carbocycles. The second kappa shape index (κ2) is 6.14. The van der Waals surface area contributed by atoms with E-state index in [9.17, 15) is 0 Å². The van der Waals surface area contributed by atoms with Crippen LogP contribution in [0.4, 0.5) is 0 Å². The van der Waals surface area contributed by atoms with Crippen molar-refractivity contribution in [3.05, 3.63) is 35.4 Å². The molecule has 0 N–H and O–H groups in total. The van der Waals surface area contributed by atoms with Gasteiger partial charge in [0.15, 0.2) is 0 Å². The van der Waals surface area contributed by atoms with Crippen LogP contribution in [0.25, 0.3) is 0 Å². The first-order chi connectivity index (χ1) is 14.1. The molecule has 1 aromatic carbocycles. The Morgan fingerprint density at radius 2 is 1.03 bits per heavy atom. The lowest BCUT2D eigenvalue weighted by molar-refractivity contribution is -0.144. The molecule has 0 heterocycles. The molecule has 0 atom stereocenters. The fourth-order valence-corrected chi connectivity index (χ4v) is 11.5. The van der Waals surface area contributed by atoms with Crippen LogP contribution in [0.3, 0.4) is 0 Å². The number of hydrogen-bond acceptors (Lipinski definition) is 0. The largest absolute Gasteiger partial charge is 0.0620 e. The minimum Gasteiger partial charge on any atom is -0.0620 e. The maximum absolute atomic E-state index is 2.61. The third-order valence-corrected chi connectivity index (χ3v) is 11.1. The molecule has 0 amide bonds. The average Bonchev–Trinajstić information content (AvgIpc) is 2.66. The van der Waals surface area contributed by atoms with Gasteiger partial charge in [-0.3, -0.25) is 0 Å². The highest BCUT2D eigenvalue weighted by molar-refractivity contribution is 5.36. The molecule has 9 rings (SSSR count). The predicted octanol–water partition coefficient (Wildman–Crippen LogP) is 7.77. The number of aryl methyl sites for hydroxylation is 1. The summed E-state index contributed by atoms with van der Waals surface area (Å²) in [5, 5.41) is 0. The summed E-state index contributed by atoms with van der Waals surface area (Å²) < 4.78 is 0. The van der Waals surface area contributed by atoms with Gasteiger partial charge in [-0.05, 0) is 147 Å². The van der Waals surface area contributed by atoms with E-state index in [4.69, 9.17) is 0 Å². The Labute approximate surface area is 178 Å². The van der Waals surface area contributed by atoms with Crippen LogP contribution in [-0.4, -0.2) is 0 Å². The first kappa shape index (κ1) is 17.9. The van der Waals surface area contributed by atoms with Crippen LogP contribution in [0.2, 0.25) is 0 Å². The van der Waals surface area contributed by atoms with E-state index in [1.807, 2.05) is 5.56 Å². The average molecular weight is 389 g/mol. The van der Waals surface area contributed by atoms with Crippen molar-refractivity contribution in [1.29, 1.82) is 0 Å². The Morgan fingerprint density at radius 3 is 1.41 bits per heavy atom. The van der Waals surface area contributed by atoms with Crippen LogP contribution in [0.1, 0.15) is 101 Å². The Hall–Kier alpha value is -0.780. The Morgan fingerprint density at radius 1 is 0.655 bits per heavy atom. The Balaban J connectivity index is 1.40. The van der Waals surface area contributed by atoms with E-state index in [2.05, 4.69) is 31.2 Å². The third-order valence-electron chi connectivity index (χ3n) is 11.1. The maximum atomic E-state index is 2.61. The molecule has 0 heteroatoms. The summed E-state index contributed by atoms with van der Waals surface area (Å²) in [5.74, 6) is 7.33. The molecule has 0 unspecified atom stereocenters. The fourth-order valence-electron chi connectivity index (χ4n) is 11.5. The summed E-state index contributed by atoms with van der Waals surface area (Å²) in [5.41, 5.74) is 4.85. The van der Waals surface area contributed by atoms with Crippen LogP contribution in [0.15, 0.2) is 24.3 Å². The summed E-state index contributed by atoms with van der Waals surface area (Å²) in [6.45, 7) is 2.41. The van der Waals surface area contributed by atoms with E-state index in [1.54, 1.807) is 82.6 Å². The molecular weight excluding hydrogens is 348 g/mol. The van der Waals surface area contributed by atoms with Crippen molar-refractivity contribution in [3.8, 4) is 0 Å². The lowest BCUT2D eigenvalue weighted by Gasteiger charge is -2.67. The van der Waals surface area contributed by atoms with Crippen LogP contribution in [0, 0.1) is 46.3 Å². The minimum absolute atomic E-state index is 0.658. The highest BCUT2D eigenvalue weighted by atomic mass is 14.7. The van der Waals surface area contributed by atoms with Crippen molar-refractivity contribution in [3.63, 3.8) is 0 Å². The van der Waals surface area contributed by atoms with Gasteiger partial charge >= 0.3 is 0 Å². The highest BCUT2D eigenvalue weighted by Crippen LogP contribution is 2.73. The van der Waals surface area contributed by atoms with Gasteiger partial charge in [-0.15, -0.1) is 0 Å². The first-order valence-corrected chi connectivity index (χ1v) is 13.2. The van der Waals surface area contributed by atoms with Crippen LogP contribution in [0.5, 0.6) is 0 Å². The van der Waals surface area contributed by atoms with E-state index < -0.39 is 0 Å². The number of rotatable bonds is 4. The van der Waals surface area contributed by atoms with Crippen molar-refractivity contribution < 1.29 is 0 Å². The van der Waals surface area contributed by atoms with Crippen molar-refractivity contribution in [1.82, 2.24) is 0 Å². The van der Waals surface area contributed by atoms with E-state index in [0.29, 0.717) is 10.8 Å². The summed E-state index contributed by atoms with van der Waals surface area (Å²) in [4.78, 5) is 0. The van der Waals surface area contributed by atoms with Crippen molar-refractivity contribution in [2.75, 3.05) is 0 Å². The second-order valence-corrected chi connectivity index (χ2v) is 13.0. The Bertz CT molecular complexity index is 685. The van der Waals surface area contributed by atoms with Crippen molar-refractivity contribution in [2.24, 2.45) is 46.3 Å². The van der Waals surface area contributed by atoms with Gasteiger partial charge < -0.3 is 0 Å². The van der Waals surface area contributed by atoms with E-state index >= 15 is 0 Å². The number of benzene rings is 1. The zero-order valence-electron chi connectivity index (χ0n) is 18.5. The molecule has 0 aliphatic heterocycles. The molecular formula is C29H40. The van der Waals surface area contributed by atoms with Crippen molar-refractivity contribution in [2.45, 2.75) is 96.3 Å². The second-order valence-electron chi connectivity index (χ2n) is 13.0. The fraction of sp³-hybridized carbons (Fsp3) is 0.793. The summed E-state index contributed by atoms with van der Waals surface area (Å²) >= 11 is 0. The standard InChI is InChI=1S/C29H40/c1-2-25-5-3-4-6-26(25)27(28-13-19-7-20(14-28)9-21(8-19)15-28)29-16-22-10-23(17-29)12-24(11-22)18-29/h3-6,19-24,27H,2,7-18H2,1H3. The summed E-state index contributed by atoms with van der Waals surface area (Å²) in [7, 11) is 0. The molecule has 8 aliphatic carbocycles. The maximum Gasteiger partial charge on any atom is -0.00454 e. The topological polar surface area (TPSA) is 0 Å². The van der Waals surface area contributed by atoms with Gasteiger partial charge in [-0.1, -0.05) is 31.2 Å². The van der Waals surface area contributed by atoms with Gasteiger partial charge in [0.2, 0.25) is 0 Å². The SMILES string of the molecule is CCc1ccccc1C(C12CC3CC(CC(C3)C1)C2)C12CC3CC(CC(C3)C1)C2. The summed E-state index contributed by atoms with van der Waals surface area (Å²) in [6.07, 6.45) is 20.3. The molecule has 29 heavy (non-hydrogen) atoms. The molecule has 0 saturated heterocycles. The number of hydrogen-bond donors (Lipinski definition) is 0. The molecule has 8 aliphatic rings. The quantitative estimate of drug-likeness (QED) is 0.494.